The van der Waals surface area contributed by atoms with Gasteiger partial charge in [0.2, 0.25) is 0 Å². The van der Waals surface area contributed by atoms with Crippen molar-refractivity contribution in [2.45, 2.75) is 6.10 Å². The number of hydrogen-bond acceptors (Lipinski definition) is 3. The van der Waals surface area contributed by atoms with Gasteiger partial charge in [-0.3, -0.25) is 0 Å². The third kappa shape index (κ3) is 2.91. The minimum atomic E-state index is -0.651. The molecule has 1 unspecified atom stereocenters. The van der Waals surface area contributed by atoms with E-state index in [-0.39, 0.29) is 0 Å². The molecule has 0 radical (unpaired) electrons. The number of rotatable bonds is 3. The second-order valence-corrected chi connectivity index (χ2v) is 7.21. The van der Waals surface area contributed by atoms with Crippen molar-refractivity contribution in [1.29, 1.82) is 0 Å². The van der Waals surface area contributed by atoms with E-state index < -0.39 is 6.10 Å². The van der Waals surface area contributed by atoms with Crippen LogP contribution in [0.2, 0.25) is 0 Å². The van der Waals surface area contributed by atoms with Crippen LogP contribution >= 0.6 is 43.2 Å². The molecule has 1 heterocycles. The highest BCUT2D eigenvalue weighted by atomic mass is 79.9. The van der Waals surface area contributed by atoms with E-state index >= 15 is 0 Å². The van der Waals surface area contributed by atoms with Crippen molar-refractivity contribution < 1.29 is 9.84 Å². The zero-order valence-corrected chi connectivity index (χ0v) is 13.0. The Kier molecular flexibility index (Phi) is 4.25. The molecule has 0 amide bonds. The van der Waals surface area contributed by atoms with Gasteiger partial charge in [-0.1, -0.05) is 12.1 Å². The summed E-state index contributed by atoms with van der Waals surface area (Å²) in [6.07, 6.45) is -0.651. The summed E-state index contributed by atoms with van der Waals surface area (Å²) in [5, 5.41) is 10.3. The van der Waals surface area contributed by atoms with Gasteiger partial charge in [-0.15, -0.1) is 11.3 Å². The highest BCUT2D eigenvalue weighted by Gasteiger charge is 2.16. The zero-order valence-electron chi connectivity index (χ0n) is 8.98. The molecule has 5 heteroatoms. The third-order valence-corrected chi connectivity index (χ3v) is 4.77. The predicted molar refractivity (Wildman–Crippen MR) is 76.8 cm³/mol. The van der Waals surface area contributed by atoms with Crippen molar-refractivity contribution in [1.82, 2.24) is 0 Å². The van der Waals surface area contributed by atoms with Crippen LogP contribution in [0.5, 0.6) is 5.75 Å². The van der Waals surface area contributed by atoms with E-state index in [2.05, 4.69) is 31.9 Å². The van der Waals surface area contributed by atoms with Crippen molar-refractivity contribution in [2.24, 2.45) is 0 Å². The number of hydrogen-bond donors (Lipinski definition) is 1. The zero-order chi connectivity index (χ0) is 12.4. The normalized spacial score (nSPS) is 12.5. The molecule has 1 N–H and O–H groups in total. The Labute approximate surface area is 121 Å². The third-order valence-electron chi connectivity index (χ3n) is 2.39. The first-order chi connectivity index (χ1) is 8.11. The Morgan fingerprint density at radius 1 is 1.29 bits per heavy atom. The number of halogens is 2. The van der Waals surface area contributed by atoms with Crippen LogP contribution in [0.15, 0.2) is 37.9 Å². The quantitative estimate of drug-likeness (QED) is 0.860. The van der Waals surface area contributed by atoms with Crippen LogP contribution in [0.4, 0.5) is 0 Å². The molecular formula is C12H10Br2O2S. The van der Waals surface area contributed by atoms with Gasteiger partial charge in [0.05, 0.1) is 14.7 Å². The number of aliphatic hydroxyl groups excluding tert-OH is 1. The first-order valence-electron chi connectivity index (χ1n) is 4.88. The molecule has 0 saturated carbocycles. The number of methoxy groups -OCH3 is 1. The molecule has 2 rings (SSSR count). The van der Waals surface area contributed by atoms with Crippen molar-refractivity contribution in [2.75, 3.05) is 7.11 Å². The molecule has 90 valence electrons. The molecule has 0 spiro atoms. The van der Waals surface area contributed by atoms with Crippen LogP contribution in [0.25, 0.3) is 0 Å². The molecular weight excluding hydrogens is 368 g/mol. The SMILES string of the molecule is COc1cccc(C(O)c2cc(Br)sc2Br)c1. The summed E-state index contributed by atoms with van der Waals surface area (Å²) in [5.41, 5.74) is 1.67. The lowest BCUT2D eigenvalue weighted by Gasteiger charge is -2.11. The lowest BCUT2D eigenvalue weighted by molar-refractivity contribution is 0.219. The van der Waals surface area contributed by atoms with E-state index in [1.807, 2.05) is 30.3 Å². The summed E-state index contributed by atoms with van der Waals surface area (Å²) < 4.78 is 7.06. The summed E-state index contributed by atoms with van der Waals surface area (Å²) in [5.74, 6) is 0.743. The van der Waals surface area contributed by atoms with Crippen molar-refractivity contribution >= 4 is 43.2 Å². The topological polar surface area (TPSA) is 29.5 Å². The Balaban J connectivity index is 2.36. The Hall–Kier alpha value is -0.360. The fourth-order valence-electron chi connectivity index (χ4n) is 1.53. The van der Waals surface area contributed by atoms with Crippen LogP contribution in [-0.4, -0.2) is 12.2 Å². The lowest BCUT2D eigenvalue weighted by atomic mass is 10.0. The standard InChI is InChI=1S/C12H10Br2O2S/c1-16-8-4-2-3-7(5-8)11(15)9-6-10(13)17-12(9)14/h2-6,11,15H,1H3. The van der Waals surface area contributed by atoms with Crippen LogP contribution in [0.3, 0.4) is 0 Å². The Morgan fingerprint density at radius 2 is 2.06 bits per heavy atom. The molecule has 2 aromatic rings. The summed E-state index contributed by atoms with van der Waals surface area (Å²) in [6.45, 7) is 0. The summed E-state index contributed by atoms with van der Waals surface area (Å²) in [7, 11) is 1.61. The fourth-order valence-corrected chi connectivity index (χ4v) is 4.41. The molecule has 0 bridgehead atoms. The molecule has 0 aliphatic carbocycles. The molecule has 2 nitrogen and oxygen atoms in total. The lowest BCUT2D eigenvalue weighted by Crippen LogP contribution is -1.99. The van der Waals surface area contributed by atoms with Gasteiger partial charge in [0.25, 0.3) is 0 Å². The van der Waals surface area contributed by atoms with E-state index in [9.17, 15) is 5.11 Å². The smallest absolute Gasteiger partial charge is 0.119 e. The van der Waals surface area contributed by atoms with Gasteiger partial charge >= 0.3 is 0 Å². The average Bonchev–Trinajstić information content (AvgIpc) is 2.67. The first kappa shape index (κ1) is 13.1. The number of benzene rings is 1. The maximum absolute atomic E-state index is 10.3. The molecule has 0 aliphatic rings. The van der Waals surface area contributed by atoms with Gasteiger partial charge in [-0.25, -0.2) is 0 Å². The van der Waals surface area contributed by atoms with Crippen LogP contribution < -0.4 is 4.74 Å². The van der Waals surface area contributed by atoms with Crippen molar-refractivity contribution in [3.05, 3.63) is 49.0 Å². The van der Waals surface area contributed by atoms with Gasteiger partial charge in [0, 0.05) is 5.56 Å². The van der Waals surface area contributed by atoms with E-state index in [0.29, 0.717) is 0 Å². The molecule has 1 atom stereocenters. The minimum Gasteiger partial charge on any atom is -0.497 e. The molecule has 0 fully saturated rings. The van der Waals surface area contributed by atoms with Gasteiger partial charge in [-0.2, -0.15) is 0 Å². The number of thiophene rings is 1. The maximum atomic E-state index is 10.3. The van der Waals surface area contributed by atoms with E-state index in [4.69, 9.17) is 4.74 Å². The van der Waals surface area contributed by atoms with E-state index in [1.165, 1.54) is 0 Å². The van der Waals surface area contributed by atoms with Gasteiger partial charge in [0.1, 0.15) is 11.9 Å². The monoisotopic (exact) mass is 376 g/mol. The Morgan fingerprint density at radius 3 is 2.65 bits per heavy atom. The second-order valence-electron chi connectivity index (χ2n) is 3.46. The molecule has 1 aromatic heterocycles. The highest BCUT2D eigenvalue weighted by Crippen LogP contribution is 2.38. The second kappa shape index (κ2) is 5.52. The summed E-state index contributed by atoms with van der Waals surface area (Å²) >= 11 is 8.40. The molecule has 1 aromatic carbocycles. The summed E-state index contributed by atoms with van der Waals surface area (Å²) in [4.78, 5) is 0. The van der Waals surface area contributed by atoms with E-state index in [0.717, 1.165) is 24.4 Å². The predicted octanol–water partition coefficient (Wildman–Crippen LogP) is 4.36. The van der Waals surface area contributed by atoms with Crippen LogP contribution in [-0.2, 0) is 0 Å². The molecule has 17 heavy (non-hydrogen) atoms. The van der Waals surface area contributed by atoms with Gasteiger partial charge < -0.3 is 9.84 Å². The maximum Gasteiger partial charge on any atom is 0.119 e. The highest BCUT2D eigenvalue weighted by molar-refractivity contribution is 9.12. The summed E-state index contributed by atoms with van der Waals surface area (Å²) in [6, 6.07) is 9.36. The van der Waals surface area contributed by atoms with Gasteiger partial charge in [0.15, 0.2) is 0 Å². The molecule has 0 saturated heterocycles. The van der Waals surface area contributed by atoms with Crippen molar-refractivity contribution in [3.63, 3.8) is 0 Å². The number of ether oxygens (including phenoxy) is 1. The molecule has 0 aliphatic heterocycles. The first-order valence-corrected chi connectivity index (χ1v) is 7.29. The van der Waals surface area contributed by atoms with Crippen LogP contribution in [0.1, 0.15) is 17.2 Å². The Bertz CT molecular complexity index is 525. The minimum absolute atomic E-state index is 0.651. The fraction of sp³-hybridized carbons (Fsp3) is 0.167. The number of aliphatic hydroxyl groups is 1. The van der Waals surface area contributed by atoms with E-state index in [1.54, 1.807) is 18.4 Å². The van der Waals surface area contributed by atoms with Gasteiger partial charge in [-0.05, 0) is 55.6 Å². The average molecular weight is 378 g/mol. The van der Waals surface area contributed by atoms with Crippen LogP contribution in [0, 0.1) is 0 Å². The largest absolute Gasteiger partial charge is 0.497 e. The van der Waals surface area contributed by atoms with Crippen molar-refractivity contribution in [3.8, 4) is 5.75 Å².